The lowest BCUT2D eigenvalue weighted by Gasteiger charge is -2.29. The first-order chi connectivity index (χ1) is 10.8. The van der Waals surface area contributed by atoms with Gasteiger partial charge in [0.2, 0.25) is 0 Å². The van der Waals surface area contributed by atoms with E-state index in [1.165, 1.54) is 6.07 Å². The quantitative estimate of drug-likeness (QED) is 0.875. The van der Waals surface area contributed by atoms with E-state index in [9.17, 15) is 9.18 Å². The lowest BCUT2D eigenvalue weighted by atomic mass is 10.1. The van der Waals surface area contributed by atoms with Crippen LogP contribution in [0.2, 0.25) is 0 Å². The third-order valence-electron chi connectivity index (χ3n) is 3.61. The Morgan fingerprint density at radius 1 is 1.35 bits per heavy atom. The number of benzene rings is 1. The number of carbonyl (C=O) groups is 1. The minimum Gasteiger partial charge on any atom is -0.444 e. The van der Waals surface area contributed by atoms with Crippen molar-refractivity contribution in [3.63, 3.8) is 0 Å². The average molecular weight is 317 g/mol. The third kappa shape index (κ3) is 3.36. The smallest absolute Gasteiger partial charge is 0.410 e. The summed E-state index contributed by atoms with van der Waals surface area (Å²) in [6.45, 7) is 6.46. The number of aromatic amines is 1. The number of carbonyl (C=O) groups excluding carboxylic acids is 1. The minimum atomic E-state index is -0.524. The van der Waals surface area contributed by atoms with Crippen LogP contribution >= 0.6 is 0 Å². The molecular weight excluding hydrogens is 297 g/mol. The first-order valence-electron chi connectivity index (χ1n) is 7.64. The van der Waals surface area contributed by atoms with Crippen molar-refractivity contribution in [2.24, 2.45) is 0 Å². The number of nitrogens with one attached hydrogen (secondary N) is 1. The van der Waals surface area contributed by atoms with Crippen LogP contribution in [-0.4, -0.2) is 33.1 Å². The second-order valence-corrected chi connectivity index (χ2v) is 6.64. The summed E-state index contributed by atoms with van der Waals surface area (Å²) >= 11 is 0. The van der Waals surface area contributed by atoms with Crippen LogP contribution in [0.4, 0.5) is 9.18 Å². The molecule has 1 aliphatic heterocycles. The number of hydrogen-bond acceptors (Lipinski definition) is 3. The zero-order valence-electron chi connectivity index (χ0n) is 13.5. The highest BCUT2D eigenvalue weighted by Gasteiger charge is 2.28. The molecule has 1 aromatic carbocycles. The normalized spacial score (nSPS) is 14.5. The van der Waals surface area contributed by atoms with Crippen molar-refractivity contribution in [2.75, 3.05) is 6.54 Å². The Hall–Kier alpha value is -2.37. The van der Waals surface area contributed by atoms with E-state index in [2.05, 4.69) is 9.97 Å². The van der Waals surface area contributed by atoms with Gasteiger partial charge in [-0.05, 0) is 32.9 Å². The average Bonchev–Trinajstić information content (AvgIpc) is 2.88. The Kier molecular flexibility index (Phi) is 3.83. The van der Waals surface area contributed by atoms with E-state index < -0.39 is 5.60 Å². The first kappa shape index (κ1) is 15.5. The Morgan fingerprint density at radius 2 is 2.09 bits per heavy atom. The Morgan fingerprint density at radius 3 is 2.78 bits per heavy atom. The Labute approximate surface area is 134 Å². The van der Waals surface area contributed by atoms with E-state index in [-0.39, 0.29) is 11.9 Å². The lowest BCUT2D eigenvalue weighted by Crippen LogP contribution is -2.39. The molecule has 2 heterocycles. The summed E-state index contributed by atoms with van der Waals surface area (Å²) in [4.78, 5) is 21.4. The summed E-state index contributed by atoms with van der Waals surface area (Å²) in [5, 5.41) is 0. The predicted octanol–water partition coefficient (Wildman–Crippen LogP) is 3.51. The number of nitrogens with zero attached hydrogens (tertiary/aromatic N) is 2. The van der Waals surface area contributed by atoms with Gasteiger partial charge in [-0.2, -0.15) is 0 Å². The Balaban J connectivity index is 1.80. The van der Waals surface area contributed by atoms with E-state index in [1.807, 2.05) is 20.8 Å². The van der Waals surface area contributed by atoms with Gasteiger partial charge in [0.1, 0.15) is 17.2 Å². The van der Waals surface area contributed by atoms with Crippen molar-refractivity contribution < 1.29 is 13.9 Å². The lowest BCUT2D eigenvalue weighted by molar-refractivity contribution is 0.0221. The van der Waals surface area contributed by atoms with Crippen LogP contribution in [0.15, 0.2) is 24.3 Å². The molecule has 0 saturated carbocycles. The number of aromatic nitrogens is 2. The third-order valence-corrected chi connectivity index (χ3v) is 3.61. The molecule has 5 nitrogen and oxygen atoms in total. The molecule has 1 aliphatic rings. The topological polar surface area (TPSA) is 58.2 Å². The Bertz CT molecular complexity index is 734. The fourth-order valence-corrected chi connectivity index (χ4v) is 2.56. The molecule has 0 fully saturated rings. The summed E-state index contributed by atoms with van der Waals surface area (Å²) in [5.74, 6) is 0.182. The van der Waals surface area contributed by atoms with Gasteiger partial charge in [0.15, 0.2) is 0 Å². The molecule has 2 aromatic rings. The van der Waals surface area contributed by atoms with E-state index >= 15 is 0 Å². The zero-order valence-corrected chi connectivity index (χ0v) is 13.5. The van der Waals surface area contributed by atoms with Gasteiger partial charge in [-0.3, -0.25) is 0 Å². The molecule has 0 unspecified atom stereocenters. The van der Waals surface area contributed by atoms with Crippen LogP contribution in [0.5, 0.6) is 0 Å². The monoisotopic (exact) mass is 317 g/mol. The zero-order chi connectivity index (χ0) is 16.6. The highest BCUT2D eigenvalue weighted by molar-refractivity contribution is 5.68. The fraction of sp³-hybridized carbons (Fsp3) is 0.412. The predicted molar refractivity (Wildman–Crippen MR) is 84.3 cm³/mol. The molecular formula is C17H20FN3O2. The van der Waals surface area contributed by atoms with Gasteiger partial charge >= 0.3 is 6.09 Å². The molecule has 0 bridgehead atoms. The van der Waals surface area contributed by atoms with Crippen LogP contribution in [0.3, 0.4) is 0 Å². The molecule has 6 heteroatoms. The van der Waals surface area contributed by atoms with Crippen molar-refractivity contribution in [1.82, 2.24) is 14.9 Å². The van der Waals surface area contributed by atoms with Gasteiger partial charge in [0.05, 0.1) is 23.5 Å². The largest absolute Gasteiger partial charge is 0.444 e. The SMILES string of the molecule is CC(C)(C)OC(=O)N1CCc2nc(-c3ccccc3F)[nH]c2C1. The number of ether oxygens (including phenoxy) is 1. The maximum atomic E-state index is 13.9. The van der Waals surface area contributed by atoms with Gasteiger partial charge in [0, 0.05) is 13.0 Å². The van der Waals surface area contributed by atoms with Gasteiger partial charge in [-0.25, -0.2) is 14.2 Å². The second kappa shape index (κ2) is 5.68. The molecule has 0 radical (unpaired) electrons. The van der Waals surface area contributed by atoms with Gasteiger partial charge in [0.25, 0.3) is 0 Å². The summed E-state index contributed by atoms with van der Waals surface area (Å²) in [6, 6.07) is 6.51. The molecule has 1 N–H and O–H groups in total. The second-order valence-electron chi connectivity index (χ2n) is 6.64. The summed E-state index contributed by atoms with van der Waals surface area (Å²) < 4.78 is 19.3. The molecule has 0 saturated heterocycles. The van der Waals surface area contributed by atoms with E-state index in [1.54, 1.807) is 23.1 Å². The minimum absolute atomic E-state index is 0.317. The van der Waals surface area contributed by atoms with Crippen LogP contribution < -0.4 is 0 Å². The van der Waals surface area contributed by atoms with Crippen LogP contribution in [0.25, 0.3) is 11.4 Å². The molecule has 1 aromatic heterocycles. The van der Waals surface area contributed by atoms with Crippen LogP contribution in [0.1, 0.15) is 32.2 Å². The molecule has 3 rings (SSSR count). The maximum absolute atomic E-state index is 13.9. The van der Waals surface area contributed by atoms with Crippen molar-refractivity contribution in [3.05, 3.63) is 41.5 Å². The van der Waals surface area contributed by atoms with Crippen molar-refractivity contribution >= 4 is 6.09 Å². The number of amides is 1. The van der Waals surface area contributed by atoms with Gasteiger partial charge in [-0.1, -0.05) is 12.1 Å². The van der Waals surface area contributed by atoms with Crippen molar-refractivity contribution in [3.8, 4) is 11.4 Å². The number of fused-ring (bicyclic) bond motifs is 1. The molecule has 23 heavy (non-hydrogen) atoms. The number of halogens is 1. The fourth-order valence-electron chi connectivity index (χ4n) is 2.56. The van der Waals surface area contributed by atoms with Crippen LogP contribution in [0, 0.1) is 5.82 Å². The molecule has 0 atom stereocenters. The molecule has 1 amide bonds. The standard InChI is InChI=1S/C17H20FN3O2/c1-17(2,3)23-16(22)21-9-8-13-14(10-21)20-15(19-13)11-6-4-5-7-12(11)18/h4-7H,8-10H2,1-3H3,(H,19,20). The van der Waals surface area contributed by atoms with Crippen LogP contribution in [-0.2, 0) is 17.7 Å². The van der Waals surface area contributed by atoms with Crippen molar-refractivity contribution in [2.45, 2.75) is 39.3 Å². The summed E-state index contributed by atoms with van der Waals surface area (Å²) in [6.07, 6.45) is 0.282. The van der Waals surface area contributed by atoms with E-state index in [4.69, 9.17) is 4.74 Å². The molecule has 0 aliphatic carbocycles. The number of H-pyrrole nitrogens is 1. The highest BCUT2D eigenvalue weighted by Crippen LogP contribution is 2.25. The van der Waals surface area contributed by atoms with Gasteiger partial charge < -0.3 is 14.6 Å². The number of imidazole rings is 1. The van der Waals surface area contributed by atoms with Crippen molar-refractivity contribution in [1.29, 1.82) is 0 Å². The number of hydrogen-bond donors (Lipinski definition) is 1. The summed E-state index contributed by atoms with van der Waals surface area (Å²) in [5.41, 5.74) is 1.62. The summed E-state index contributed by atoms with van der Waals surface area (Å²) in [7, 11) is 0. The first-order valence-corrected chi connectivity index (χ1v) is 7.64. The van der Waals surface area contributed by atoms with E-state index in [0.717, 1.165) is 11.4 Å². The maximum Gasteiger partial charge on any atom is 0.410 e. The molecule has 122 valence electrons. The highest BCUT2D eigenvalue weighted by atomic mass is 19.1. The molecule has 0 spiro atoms. The van der Waals surface area contributed by atoms with Gasteiger partial charge in [-0.15, -0.1) is 0 Å². The number of rotatable bonds is 1. The van der Waals surface area contributed by atoms with E-state index in [0.29, 0.717) is 30.9 Å².